The van der Waals surface area contributed by atoms with Gasteiger partial charge in [-0.15, -0.1) is 0 Å². The van der Waals surface area contributed by atoms with Crippen LogP contribution in [-0.2, 0) is 19.2 Å². The summed E-state index contributed by atoms with van der Waals surface area (Å²) in [6, 6.07) is 0.197. The number of nitrogens with zero attached hydrogens (tertiary/aromatic N) is 5. The number of carbonyl (C=O) groups is 5. The summed E-state index contributed by atoms with van der Waals surface area (Å²) in [6.45, 7) is 10.6. The van der Waals surface area contributed by atoms with E-state index in [4.69, 9.17) is 31.5 Å². The Bertz CT molecular complexity index is 727. The molecule has 194 valence electrons. The topological polar surface area (TPSA) is 229 Å². The van der Waals surface area contributed by atoms with Crippen LogP contribution in [0.3, 0.4) is 0 Å². The number of carboxylic acid groups (broad SMARTS) is 3. The van der Waals surface area contributed by atoms with Crippen molar-refractivity contribution in [2.24, 2.45) is 5.84 Å². The molecule has 0 atom stereocenters. The maximum atomic E-state index is 11.9. The number of aliphatic carboxylic acids is 3. The summed E-state index contributed by atoms with van der Waals surface area (Å²) in [6.07, 6.45) is -0.863. The van der Waals surface area contributed by atoms with Crippen LogP contribution in [0.2, 0.25) is 0 Å². The van der Waals surface area contributed by atoms with Gasteiger partial charge in [0, 0.05) is 46.2 Å². The molecule has 0 saturated carbocycles. The molecule has 3 amide bonds. The molecule has 15 heteroatoms. The second-order valence-electron chi connectivity index (χ2n) is 7.21. The number of nitriles is 1. The van der Waals surface area contributed by atoms with Crippen LogP contribution in [-0.4, -0.2) is 122 Å². The van der Waals surface area contributed by atoms with Gasteiger partial charge in [-0.1, -0.05) is 0 Å². The van der Waals surface area contributed by atoms with Crippen LogP contribution in [0.4, 0.5) is 4.79 Å². The normalized spacial score (nSPS) is 13.1. The third kappa shape index (κ3) is 13.2. The highest BCUT2D eigenvalue weighted by Gasteiger charge is 2.40. The highest BCUT2D eigenvalue weighted by atomic mass is 16.4. The van der Waals surface area contributed by atoms with Crippen LogP contribution in [0.5, 0.6) is 0 Å². The summed E-state index contributed by atoms with van der Waals surface area (Å²) in [4.78, 5) is 58.4. The summed E-state index contributed by atoms with van der Waals surface area (Å²) < 4.78 is 0. The van der Waals surface area contributed by atoms with E-state index in [1.54, 1.807) is 0 Å². The lowest BCUT2D eigenvalue weighted by molar-refractivity contribution is -0.170. The second kappa shape index (κ2) is 16.2. The van der Waals surface area contributed by atoms with Crippen molar-refractivity contribution >= 4 is 29.8 Å². The van der Waals surface area contributed by atoms with Gasteiger partial charge in [0.15, 0.2) is 5.60 Å². The van der Waals surface area contributed by atoms with Gasteiger partial charge in [0.05, 0.1) is 12.8 Å². The number of hydrazine groups is 1. The van der Waals surface area contributed by atoms with E-state index in [9.17, 15) is 24.0 Å². The molecule has 0 aliphatic carbocycles. The monoisotopic (exact) mass is 490 g/mol. The molecule has 1 aliphatic heterocycles. The van der Waals surface area contributed by atoms with E-state index in [-0.39, 0.29) is 6.03 Å². The standard InChI is InChI=1S/C10H21N3O.C6H8O7.C3H5N3O/c1-4-12(5-2)10(14)13-8-6-11(3)7-9-13;7-3(8)1-6(13,5(11)12)2-4(9)10;1-3(7)6(5)2-4/h4-9H2,1-3H3;13H,1-2H2,(H,7,8)(H,9,10)(H,11,12);5H2,1H3. The first kappa shape index (κ1) is 32.7. The molecule has 1 aliphatic rings. The first-order valence-corrected chi connectivity index (χ1v) is 10.2. The average Bonchev–Trinajstić information content (AvgIpc) is 2.74. The number of urea groups is 1. The minimum absolute atomic E-state index is 0.197. The van der Waals surface area contributed by atoms with E-state index < -0.39 is 42.3 Å². The van der Waals surface area contributed by atoms with Crippen LogP contribution in [0.25, 0.3) is 0 Å². The van der Waals surface area contributed by atoms with Gasteiger partial charge in [0.25, 0.3) is 0 Å². The van der Waals surface area contributed by atoms with Crippen LogP contribution in [0.1, 0.15) is 33.6 Å². The molecule has 0 aromatic carbocycles. The predicted molar refractivity (Wildman–Crippen MR) is 117 cm³/mol. The van der Waals surface area contributed by atoms with Gasteiger partial charge >= 0.3 is 23.9 Å². The maximum absolute atomic E-state index is 11.9. The number of aliphatic hydroxyl groups is 1. The summed E-state index contributed by atoms with van der Waals surface area (Å²) in [5, 5.41) is 42.1. The Hall–Kier alpha value is -3.48. The molecule has 1 heterocycles. The van der Waals surface area contributed by atoms with Gasteiger partial charge in [-0.2, -0.15) is 10.3 Å². The lowest BCUT2D eigenvalue weighted by atomic mass is 9.96. The minimum Gasteiger partial charge on any atom is -0.481 e. The van der Waals surface area contributed by atoms with Gasteiger partial charge in [0.1, 0.15) is 0 Å². The van der Waals surface area contributed by atoms with Crippen molar-refractivity contribution in [3.8, 4) is 6.19 Å². The number of nitrogens with two attached hydrogens (primary N) is 1. The van der Waals surface area contributed by atoms with Gasteiger partial charge in [-0.3, -0.25) is 14.4 Å². The van der Waals surface area contributed by atoms with Crippen molar-refractivity contribution in [3.63, 3.8) is 0 Å². The molecule has 1 saturated heterocycles. The zero-order valence-electron chi connectivity index (χ0n) is 19.8. The molecule has 0 bridgehead atoms. The fourth-order valence-corrected chi connectivity index (χ4v) is 2.48. The van der Waals surface area contributed by atoms with Crippen molar-refractivity contribution in [1.82, 2.24) is 19.7 Å². The lowest BCUT2D eigenvalue weighted by Gasteiger charge is -2.35. The number of carbonyl (C=O) groups excluding carboxylic acids is 2. The van der Waals surface area contributed by atoms with E-state index >= 15 is 0 Å². The van der Waals surface area contributed by atoms with E-state index in [0.717, 1.165) is 39.3 Å². The zero-order chi connectivity index (χ0) is 27.1. The molecule has 0 unspecified atom stereocenters. The predicted octanol–water partition coefficient (Wildman–Crippen LogP) is -1.36. The largest absolute Gasteiger partial charge is 0.481 e. The first-order chi connectivity index (χ1) is 15.6. The number of amides is 3. The Balaban J connectivity index is 0. The molecular weight excluding hydrogens is 456 g/mol. The number of likely N-dealkylation sites (N-methyl/N-ethyl adjacent to an activating group) is 1. The summed E-state index contributed by atoms with van der Waals surface area (Å²) in [5.74, 6) is -0.736. The molecular formula is C19H34N6O9. The molecule has 0 spiro atoms. The van der Waals surface area contributed by atoms with Gasteiger partial charge in [-0.25, -0.2) is 15.4 Å². The Kier molecular flexibility index (Phi) is 15.6. The smallest absolute Gasteiger partial charge is 0.336 e. The minimum atomic E-state index is -2.74. The number of carboxylic acids is 3. The average molecular weight is 491 g/mol. The summed E-state index contributed by atoms with van der Waals surface area (Å²) in [7, 11) is 2.10. The van der Waals surface area contributed by atoms with Crippen molar-refractivity contribution < 1.29 is 44.4 Å². The number of rotatable bonds is 7. The van der Waals surface area contributed by atoms with Gasteiger partial charge < -0.3 is 35.1 Å². The molecule has 34 heavy (non-hydrogen) atoms. The second-order valence-corrected chi connectivity index (χ2v) is 7.21. The van der Waals surface area contributed by atoms with Gasteiger partial charge in [0.2, 0.25) is 12.1 Å². The summed E-state index contributed by atoms with van der Waals surface area (Å²) in [5.41, 5.74) is -2.74. The summed E-state index contributed by atoms with van der Waals surface area (Å²) >= 11 is 0. The zero-order valence-corrected chi connectivity index (χ0v) is 19.8. The van der Waals surface area contributed by atoms with Crippen LogP contribution >= 0.6 is 0 Å². The van der Waals surface area contributed by atoms with Crippen molar-refractivity contribution in [2.75, 3.05) is 46.3 Å². The Morgan fingerprint density at radius 2 is 1.38 bits per heavy atom. The highest BCUT2D eigenvalue weighted by Crippen LogP contribution is 2.15. The van der Waals surface area contributed by atoms with Crippen molar-refractivity contribution in [2.45, 2.75) is 39.2 Å². The SMILES string of the molecule is CC(=O)N(N)C#N.CCN(CC)C(=O)N1CCN(C)CC1.O=C(O)CC(O)(CC(=O)O)C(=O)O. The molecule has 0 aromatic rings. The maximum Gasteiger partial charge on any atom is 0.336 e. The molecule has 6 N–H and O–H groups in total. The molecule has 1 fully saturated rings. The van der Waals surface area contributed by atoms with E-state index in [2.05, 4.69) is 11.9 Å². The third-order valence-electron chi connectivity index (χ3n) is 4.54. The number of hydrogen-bond donors (Lipinski definition) is 5. The number of piperazine rings is 1. The Morgan fingerprint density at radius 1 is 0.971 bits per heavy atom. The Labute approximate surface area is 197 Å². The Morgan fingerprint density at radius 3 is 1.62 bits per heavy atom. The fourth-order valence-electron chi connectivity index (χ4n) is 2.48. The van der Waals surface area contributed by atoms with E-state index in [0.29, 0.717) is 5.01 Å². The van der Waals surface area contributed by atoms with Crippen LogP contribution in [0, 0.1) is 11.5 Å². The van der Waals surface area contributed by atoms with Crippen LogP contribution in [0.15, 0.2) is 0 Å². The van der Waals surface area contributed by atoms with Gasteiger partial charge in [-0.05, 0) is 20.9 Å². The fraction of sp³-hybridized carbons (Fsp3) is 0.684. The first-order valence-electron chi connectivity index (χ1n) is 10.2. The van der Waals surface area contributed by atoms with Crippen molar-refractivity contribution in [3.05, 3.63) is 0 Å². The quantitative estimate of drug-likeness (QED) is 0.0915. The van der Waals surface area contributed by atoms with E-state index in [1.807, 2.05) is 23.6 Å². The van der Waals surface area contributed by atoms with Crippen molar-refractivity contribution in [1.29, 1.82) is 5.26 Å². The molecule has 0 aromatic heterocycles. The third-order valence-corrected chi connectivity index (χ3v) is 4.54. The lowest BCUT2D eigenvalue weighted by Crippen LogP contribution is -2.51. The van der Waals surface area contributed by atoms with Crippen LogP contribution < -0.4 is 5.84 Å². The molecule has 0 radical (unpaired) electrons. The molecule has 15 nitrogen and oxygen atoms in total. The van der Waals surface area contributed by atoms with E-state index in [1.165, 1.54) is 13.1 Å². The highest BCUT2D eigenvalue weighted by molar-refractivity contribution is 5.88. The number of hydrogen-bond acceptors (Lipinski definition) is 9. The molecule has 1 rings (SSSR count).